The van der Waals surface area contributed by atoms with Gasteiger partial charge in [-0.05, 0) is 0 Å². The quantitative estimate of drug-likeness (QED) is 0.363. The second-order valence-corrected chi connectivity index (χ2v) is 2.16. The average Bonchev–Trinajstić information content (AvgIpc) is 1.88. The highest BCUT2D eigenvalue weighted by atomic mass is 35.5. The summed E-state index contributed by atoms with van der Waals surface area (Å²) in [5, 5.41) is -3.42. The molecule has 0 aliphatic heterocycles. The standard InChI is InChI=1S/C3HClF4/c4-2(6)1(5)3(2,7)8/h1H/t1-,2+/m1/s1. The van der Waals surface area contributed by atoms with Gasteiger partial charge in [0.1, 0.15) is 0 Å². The Morgan fingerprint density at radius 2 is 1.38 bits per heavy atom. The van der Waals surface area contributed by atoms with E-state index < -0.39 is 17.2 Å². The summed E-state index contributed by atoms with van der Waals surface area (Å²) in [6.07, 6.45) is -2.82. The molecule has 0 N–H and O–H groups in total. The molecule has 0 aromatic carbocycles. The van der Waals surface area contributed by atoms with E-state index in [1.54, 1.807) is 0 Å². The molecule has 0 nitrogen and oxygen atoms in total. The molecule has 1 aliphatic rings. The van der Waals surface area contributed by atoms with E-state index in [1.807, 2.05) is 0 Å². The normalized spacial score (nSPS) is 51.4. The molecule has 8 heavy (non-hydrogen) atoms. The van der Waals surface area contributed by atoms with Gasteiger partial charge in [-0.15, -0.1) is 0 Å². The van der Waals surface area contributed by atoms with E-state index in [1.165, 1.54) is 0 Å². The SMILES string of the molecule is F[C@H]1C(F)(F)[C@]1(F)Cl. The predicted octanol–water partition coefficient (Wildman–Crippen LogP) is 1.88. The zero-order chi connectivity index (χ0) is 6.58. The molecule has 48 valence electrons. The van der Waals surface area contributed by atoms with Crippen molar-refractivity contribution < 1.29 is 17.6 Å². The van der Waals surface area contributed by atoms with Crippen LogP contribution in [0, 0.1) is 0 Å². The predicted molar refractivity (Wildman–Crippen MR) is 19.5 cm³/mol. The first-order valence-corrected chi connectivity index (χ1v) is 2.18. The van der Waals surface area contributed by atoms with Gasteiger partial charge in [-0.3, -0.25) is 0 Å². The van der Waals surface area contributed by atoms with Crippen LogP contribution in [0.25, 0.3) is 0 Å². The van der Waals surface area contributed by atoms with Crippen LogP contribution >= 0.6 is 11.6 Å². The van der Waals surface area contributed by atoms with Crippen molar-refractivity contribution in [3.8, 4) is 0 Å². The molecule has 0 amide bonds. The largest absolute Gasteiger partial charge is 0.333 e. The fraction of sp³-hybridized carbons (Fsp3) is 1.00. The molecular formula is C3HClF4. The van der Waals surface area contributed by atoms with E-state index >= 15 is 0 Å². The highest BCUT2D eigenvalue weighted by Crippen LogP contribution is 2.60. The van der Waals surface area contributed by atoms with Crippen LogP contribution in [0.3, 0.4) is 0 Å². The van der Waals surface area contributed by atoms with Gasteiger partial charge in [0.2, 0.25) is 6.17 Å². The van der Waals surface area contributed by atoms with Crippen LogP contribution in [0.4, 0.5) is 17.6 Å². The minimum Gasteiger partial charge on any atom is -0.235 e. The summed E-state index contributed by atoms with van der Waals surface area (Å²) in [5.74, 6) is -3.96. The number of halogens is 5. The maximum Gasteiger partial charge on any atom is 0.333 e. The maximum atomic E-state index is 11.6. The van der Waals surface area contributed by atoms with Gasteiger partial charge in [0.05, 0.1) is 0 Å². The smallest absolute Gasteiger partial charge is 0.235 e. The minimum absolute atomic E-state index is 2.82. The topological polar surface area (TPSA) is 0 Å². The molecule has 0 unspecified atom stereocenters. The van der Waals surface area contributed by atoms with Crippen molar-refractivity contribution in [2.45, 2.75) is 17.2 Å². The molecule has 1 rings (SSSR count). The van der Waals surface area contributed by atoms with Crippen LogP contribution in [0.5, 0.6) is 0 Å². The third-order valence-electron chi connectivity index (χ3n) is 0.998. The van der Waals surface area contributed by atoms with Crippen LogP contribution in [-0.2, 0) is 0 Å². The molecule has 0 heterocycles. The molecule has 5 heteroatoms. The van der Waals surface area contributed by atoms with Gasteiger partial charge in [-0.25, -0.2) is 8.78 Å². The highest BCUT2D eigenvalue weighted by Gasteiger charge is 2.85. The molecule has 1 aliphatic carbocycles. The van der Waals surface area contributed by atoms with Crippen LogP contribution in [0.15, 0.2) is 0 Å². The lowest BCUT2D eigenvalue weighted by molar-refractivity contribution is 0.0606. The molecule has 0 aromatic heterocycles. The van der Waals surface area contributed by atoms with Gasteiger partial charge >= 0.3 is 5.92 Å². The van der Waals surface area contributed by atoms with Gasteiger partial charge in [-0.1, -0.05) is 11.6 Å². The number of alkyl halides is 5. The van der Waals surface area contributed by atoms with Crippen LogP contribution in [0.1, 0.15) is 0 Å². The van der Waals surface area contributed by atoms with Crippen molar-refractivity contribution in [2.24, 2.45) is 0 Å². The fourth-order valence-corrected chi connectivity index (χ4v) is 0.484. The van der Waals surface area contributed by atoms with E-state index in [0.29, 0.717) is 0 Å². The summed E-state index contributed by atoms with van der Waals surface area (Å²) < 4.78 is 45.9. The highest BCUT2D eigenvalue weighted by molar-refractivity contribution is 6.26. The zero-order valence-electron chi connectivity index (χ0n) is 3.47. The van der Waals surface area contributed by atoms with Crippen molar-refractivity contribution in [2.75, 3.05) is 0 Å². The Labute approximate surface area is 47.4 Å². The summed E-state index contributed by atoms with van der Waals surface area (Å²) in [6, 6.07) is 0. The Bertz CT molecular complexity index is 106. The Kier molecular flexibility index (Phi) is 0.862. The molecule has 1 saturated carbocycles. The van der Waals surface area contributed by atoms with Gasteiger partial charge in [0.15, 0.2) is 0 Å². The van der Waals surface area contributed by atoms with E-state index in [-0.39, 0.29) is 0 Å². The molecule has 0 aromatic rings. The summed E-state index contributed by atoms with van der Waals surface area (Å²) in [6.45, 7) is 0. The Morgan fingerprint density at radius 1 is 1.25 bits per heavy atom. The minimum atomic E-state index is -3.96. The molecule has 0 spiro atoms. The number of rotatable bonds is 0. The number of hydrogen-bond acceptors (Lipinski definition) is 0. The van der Waals surface area contributed by atoms with E-state index in [2.05, 4.69) is 11.6 Å². The molecule has 0 radical (unpaired) electrons. The summed E-state index contributed by atoms with van der Waals surface area (Å²) in [7, 11) is 0. The fourth-order valence-electron chi connectivity index (χ4n) is 0.306. The van der Waals surface area contributed by atoms with Crippen molar-refractivity contribution >= 4 is 11.6 Å². The third kappa shape index (κ3) is 0.417. The third-order valence-corrected chi connectivity index (χ3v) is 1.44. The second-order valence-electron chi connectivity index (χ2n) is 1.61. The monoisotopic (exact) mass is 148 g/mol. The van der Waals surface area contributed by atoms with Crippen molar-refractivity contribution in [3.05, 3.63) is 0 Å². The molecule has 2 atom stereocenters. The zero-order valence-corrected chi connectivity index (χ0v) is 4.22. The first kappa shape index (κ1) is 6.13. The van der Waals surface area contributed by atoms with E-state index in [4.69, 9.17) is 0 Å². The maximum absolute atomic E-state index is 11.6. The summed E-state index contributed by atoms with van der Waals surface area (Å²) in [4.78, 5) is 0. The van der Waals surface area contributed by atoms with E-state index in [9.17, 15) is 17.6 Å². The van der Waals surface area contributed by atoms with Crippen LogP contribution in [0.2, 0.25) is 0 Å². The van der Waals surface area contributed by atoms with Crippen molar-refractivity contribution in [3.63, 3.8) is 0 Å². The Balaban J connectivity index is 2.72. The van der Waals surface area contributed by atoms with Gasteiger partial charge < -0.3 is 0 Å². The van der Waals surface area contributed by atoms with Gasteiger partial charge in [-0.2, -0.15) is 8.78 Å². The summed E-state index contributed by atoms with van der Waals surface area (Å²) >= 11 is 4.29. The molecule has 1 fully saturated rings. The lowest BCUT2D eigenvalue weighted by Gasteiger charge is -1.87. The Hall–Kier alpha value is 0.01000. The van der Waals surface area contributed by atoms with E-state index in [0.717, 1.165) is 0 Å². The Morgan fingerprint density at radius 3 is 1.38 bits per heavy atom. The lowest BCUT2D eigenvalue weighted by atomic mass is 10.8. The molecule has 0 saturated heterocycles. The first-order chi connectivity index (χ1) is 3.40. The molecule has 0 bridgehead atoms. The van der Waals surface area contributed by atoms with Gasteiger partial charge in [0, 0.05) is 0 Å². The summed E-state index contributed by atoms with van der Waals surface area (Å²) in [5.41, 5.74) is 0. The second kappa shape index (κ2) is 1.12. The molecular weight excluding hydrogens is 147 g/mol. The van der Waals surface area contributed by atoms with Crippen molar-refractivity contribution in [1.82, 2.24) is 0 Å². The van der Waals surface area contributed by atoms with Gasteiger partial charge in [0.25, 0.3) is 5.13 Å². The average molecular weight is 148 g/mol. The van der Waals surface area contributed by atoms with Crippen LogP contribution < -0.4 is 0 Å². The van der Waals surface area contributed by atoms with Crippen molar-refractivity contribution in [1.29, 1.82) is 0 Å². The first-order valence-electron chi connectivity index (χ1n) is 1.80. The van der Waals surface area contributed by atoms with Crippen LogP contribution in [-0.4, -0.2) is 17.2 Å². The lowest BCUT2D eigenvalue weighted by Crippen LogP contribution is -2.01. The number of hydrogen-bond donors (Lipinski definition) is 0.